The highest BCUT2D eigenvalue weighted by Gasteiger charge is 2.70. The number of hydrogen-bond donors (Lipinski definition) is 1. The van der Waals surface area contributed by atoms with Crippen molar-refractivity contribution in [1.82, 2.24) is 6.15 Å². The summed E-state index contributed by atoms with van der Waals surface area (Å²) in [6, 6.07) is 4.39. The van der Waals surface area contributed by atoms with E-state index in [4.69, 9.17) is 10.00 Å². The first-order chi connectivity index (χ1) is 14.8. The number of methoxy groups -OCH3 is 1. The van der Waals surface area contributed by atoms with Crippen LogP contribution in [-0.4, -0.2) is 37.0 Å². The number of carbonyl (C=O) groups is 2. The van der Waals surface area contributed by atoms with Gasteiger partial charge in [-0.2, -0.15) is 18.4 Å². The van der Waals surface area contributed by atoms with Crippen molar-refractivity contribution < 1.29 is 36.6 Å². The van der Waals surface area contributed by atoms with Gasteiger partial charge in [-0.3, -0.25) is 14.5 Å². The number of halogens is 4. The largest absolute Gasteiger partial charge is 0.417 e. The van der Waals surface area contributed by atoms with Gasteiger partial charge < -0.3 is 15.6 Å². The lowest BCUT2D eigenvalue weighted by molar-refractivity contribution is -0.138. The molecule has 0 spiro atoms. The zero-order valence-corrected chi connectivity index (χ0v) is 18.8. The molecule has 3 fully saturated rings. The minimum Gasteiger partial charge on any atom is -0.366 e. The van der Waals surface area contributed by atoms with E-state index in [9.17, 15) is 27.2 Å². The van der Waals surface area contributed by atoms with Crippen LogP contribution in [0.25, 0.3) is 0 Å². The van der Waals surface area contributed by atoms with Crippen LogP contribution in [0.3, 0.4) is 0 Å². The number of benzene rings is 1. The molecule has 33 heavy (non-hydrogen) atoms. The molecule has 2 heterocycles. The van der Waals surface area contributed by atoms with Crippen molar-refractivity contribution in [2.75, 3.05) is 12.0 Å². The highest BCUT2D eigenvalue weighted by atomic mass is 19.4. The standard InChI is InChI=1S/C19H17F3N2O3.C3H7FO.H3N/c1-17(5-6-18(2)16(17)27-18)13-8-14(25)24(15(13)26)11-4-3-10(9-23)12(7-11)19(20,21)22;1-3(4)5-2;/h3-4,7,13,16H,5-6,8H2,1-2H3;3H,1-2H3;1H3. The van der Waals surface area contributed by atoms with E-state index < -0.39 is 46.8 Å². The molecular weight excluding hydrogens is 446 g/mol. The summed E-state index contributed by atoms with van der Waals surface area (Å²) in [5, 5.41) is 8.91. The van der Waals surface area contributed by atoms with Crippen molar-refractivity contribution in [3.8, 4) is 6.07 Å². The second kappa shape index (κ2) is 9.00. The normalized spacial score (nSPS) is 31.2. The van der Waals surface area contributed by atoms with Gasteiger partial charge in [0.15, 0.2) is 6.36 Å². The summed E-state index contributed by atoms with van der Waals surface area (Å²) >= 11 is 0. The fourth-order valence-electron chi connectivity index (χ4n) is 4.68. The molecule has 1 aliphatic carbocycles. The lowest BCUT2D eigenvalue weighted by atomic mass is 9.73. The second-order valence-electron chi connectivity index (χ2n) is 8.76. The number of amides is 2. The molecule has 182 valence electrons. The van der Waals surface area contributed by atoms with Crippen molar-refractivity contribution in [1.29, 1.82) is 5.26 Å². The molecule has 2 aliphatic heterocycles. The summed E-state index contributed by atoms with van der Waals surface area (Å²) in [4.78, 5) is 26.3. The number of alkyl halides is 4. The molecular formula is C22H27F4N3O4. The van der Waals surface area contributed by atoms with Gasteiger partial charge in [-0.25, -0.2) is 4.39 Å². The number of ether oxygens (including phenoxy) is 2. The predicted molar refractivity (Wildman–Crippen MR) is 110 cm³/mol. The fraction of sp³-hybridized carbons (Fsp3) is 0.591. The number of hydrogen-bond acceptors (Lipinski definition) is 6. The molecule has 1 saturated carbocycles. The SMILES string of the molecule is CC12CCC(C)(C3CC(=O)N(c4ccc(C#N)c(C(F)(F)F)c4)C3=O)C1O2.COC(C)F.N. The lowest BCUT2D eigenvalue weighted by Gasteiger charge is -2.30. The summed E-state index contributed by atoms with van der Waals surface area (Å²) in [7, 11) is 1.32. The van der Waals surface area contributed by atoms with E-state index in [0.29, 0.717) is 6.07 Å². The van der Waals surface area contributed by atoms with Crippen LogP contribution in [-0.2, 0) is 25.2 Å². The maximum atomic E-state index is 13.2. The number of nitriles is 1. The average Bonchev–Trinajstić information content (AvgIpc) is 3.23. The van der Waals surface area contributed by atoms with Gasteiger partial charge in [0.25, 0.3) is 0 Å². The molecule has 1 aromatic rings. The summed E-state index contributed by atoms with van der Waals surface area (Å²) < 4.78 is 60.7. The Hall–Kier alpha value is -2.55. The number of carbonyl (C=O) groups excluding carboxylic acids is 2. The van der Waals surface area contributed by atoms with Crippen LogP contribution >= 0.6 is 0 Å². The van der Waals surface area contributed by atoms with Gasteiger partial charge in [0, 0.05) is 18.9 Å². The van der Waals surface area contributed by atoms with Gasteiger partial charge in [0.2, 0.25) is 11.8 Å². The maximum absolute atomic E-state index is 13.2. The molecule has 3 aliphatic rings. The zero-order chi connectivity index (χ0) is 24.1. The Labute approximate surface area is 189 Å². The summed E-state index contributed by atoms with van der Waals surface area (Å²) in [5.74, 6) is -1.65. The van der Waals surface area contributed by atoms with E-state index >= 15 is 0 Å². The number of imide groups is 1. The van der Waals surface area contributed by atoms with Crippen molar-refractivity contribution in [2.24, 2.45) is 11.3 Å². The van der Waals surface area contributed by atoms with Gasteiger partial charge >= 0.3 is 6.18 Å². The third kappa shape index (κ3) is 4.74. The third-order valence-corrected chi connectivity index (χ3v) is 6.60. The molecule has 7 nitrogen and oxygen atoms in total. The first-order valence-corrected chi connectivity index (χ1v) is 10.1. The topological polar surface area (TPSA) is 118 Å². The Morgan fingerprint density at radius 3 is 2.30 bits per heavy atom. The number of anilines is 1. The van der Waals surface area contributed by atoms with E-state index in [0.717, 1.165) is 23.8 Å². The van der Waals surface area contributed by atoms with Crippen LogP contribution < -0.4 is 11.1 Å². The van der Waals surface area contributed by atoms with E-state index in [1.807, 2.05) is 13.8 Å². The summed E-state index contributed by atoms with van der Waals surface area (Å²) in [6.45, 7) is 5.22. The Morgan fingerprint density at radius 2 is 1.88 bits per heavy atom. The minimum absolute atomic E-state index is 0. The summed E-state index contributed by atoms with van der Waals surface area (Å²) in [5.41, 5.74) is -2.62. The number of fused-ring (bicyclic) bond motifs is 1. The zero-order valence-electron chi connectivity index (χ0n) is 18.8. The fourth-order valence-corrected chi connectivity index (χ4v) is 4.68. The molecule has 1 aromatic carbocycles. The molecule has 0 radical (unpaired) electrons. The van der Waals surface area contributed by atoms with Crippen LogP contribution in [0.1, 0.15) is 51.2 Å². The maximum Gasteiger partial charge on any atom is 0.417 e. The Kier molecular flexibility index (Phi) is 7.29. The van der Waals surface area contributed by atoms with Crippen LogP contribution in [0.2, 0.25) is 0 Å². The minimum atomic E-state index is -4.76. The average molecular weight is 473 g/mol. The molecule has 5 unspecified atom stereocenters. The van der Waals surface area contributed by atoms with Gasteiger partial charge in [0.05, 0.1) is 40.5 Å². The monoisotopic (exact) mass is 473 g/mol. The molecule has 5 atom stereocenters. The number of nitrogens with zero attached hydrogens (tertiary/aromatic N) is 2. The molecule has 4 rings (SSSR count). The third-order valence-electron chi connectivity index (χ3n) is 6.60. The van der Waals surface area contributed by atoms with Crippen molar-refractivity contribution in [3.05, 3.63) is 29.3 Å². The molecule has 11 heteroatoms. The van der Waals surface area contributed by atoms with E-state index in [-0.39, 0.29) is 30.0 Å². The van der Waals surface area contributed by atoms with E-state index in [1.54, 1.807) is 0 Å². The van der Waals surface area contributed by atoms with Gasteiger partial charge in [-0.05, 0) is 44.9 Å². The Balaban J connectivity index is 0.000000583. The first kappa shape index (κ1) is 26.7. The second-order valence-corrected chi connectivity index (χ2v) is 8.76. The van der Waals surface area contributed by atoms with Crippen LogP contribution in [0.4, 0.5) is 23.2 Å². The smallest absolute Gasteiger partial charge is 0.366 e. The molecule has 2 amide bonds. The Bertz CT molecular complexity index is 977. The van der Waals surface area contributed by atoms with E-state index in [1.165, 1.54) is 26.2 Å². The van der Waals surface area contributed by atoms with E-state index in [2.05, 4.69) is 4.74 Å². The van der Waals surface area contributed by atoms with Crippen molar-refractivity contribution >= 4 is 17.5 Å². The molecule has 3 N–H and O–H groups in total. The highest BCUT2D eigenvalue weighted by molar-refractivity contribution is 6.21. The van der Waals surface area contributed by atoms with Crippen molar-refractivity contribution in [2.45, 2.75) is 64.3 Å². The van der Waals surface area contributed by atoms with Crippen LogP contribution in [0.15, 0.2) is 18.2 Å². The quantitative estimate of drug-likeness (QED) is 0.392. The highest BCUT2D eigenvalue weighted by Crippen LogP contribution is 2.63. The summed E-state index contributed by atoms with van der Waals surface area (Å²) in [6.07, 6.45) is -4.51. The van der Waals surface area contributed by atoms with Gasteiger partial charge in [0.1, 0.15) is 0 Å². The molecule has 2 saturated heterocycles. The Morgan fingerprint density at radius 1 is 1.27 bits per heavy atom. The van der Waals surface area contributed by atoms with Crippen LogP contribution in [0.5, 0.6) is 0 Å². The van der Waals surface area contributed by atoms with Crippen LogP contribution in [0, 0.1) is 22.7 Å². The first-order valence-electron chi connectivity index (χ1n) is 10.1. The van der Waals surface area contributed by atoms with Gasteiger partial charge in [-0.1, -0.05) is 6.92 Å². The van der Waals surface area contributed by atoms with Crippen molar-refractivity contribution in [3.63, 3.8) is 0 Å². The number of rotatable bonds is 3. The molecule has 0 bridgehead atoms. The predicted octanol–water partition coefficient (Wildman–Crippen LogP) is 4.52. The number of epoxide rings is 1. The van der Waals surface area contributed by atoms with Gasteiger partial charge in [-0.15, -0.1) is 0 Å². The lowest BCUT2D eigenvalue weighted by Crippen LogP contribution is -2.38. The molecule has 0 aromatic heterocycles.